The van der Waals surface area contributed by atoms with E-state index in [0.717, 1.165) is 25.9 Å². The Morgan fingerprint density at radius 3 is 2.81 bits per heavy atom. The maximum atomic E-state index is 11.9. The zero-order chi connectivity index (χ0) is 11.5. The molecule has 6 nitrogen and oxygen atoms in total. The molecule has 0 radical (unpaired) electrons. The molecular formula is C10H16N4O2. The summed E-state index contributed by atoms with van der Waals surface area (Å²) in [5.74, 6) is 0.126. The molecular weight excluding hydrogens is 208 g/mol. The molecule has 1 aromatic heterocycles. The van der Waals surface area contributed by atoms with Crippen LogP contribution < -0.4 is 5.73 Å². The van der Waals surface area contributed by atoms with E-state index < -0.39 is 12.1 Å². The number of aromatic amines is 1. The van der Waals surface area contributed by atoms with Crippen molar-refractivity contribution in [3.05, 3.63) is 18.2 Å². The number of likely N-dealkylation sites (tertiary alicyclic amines) is 1. The van der Waals surface area contributed by atoms with Gasteiger partial charge in [-0.2, -0.15) is 0 Å². The van der Waals surface area contributed by atoms with E-state index in [0.29, 0.717) is 5.82 Å². The van der Waals surface area contributed by atoms with Crippen molar-refractivity contribution in [1.29, 1.82) is 0 Å². The second-order valence-corrected chi connectivity index (χ2v) is 3.98. The van der Waals surface area contributed by atoms with Gasteiger partial charge in [0.2, 0.25) is 5.91 Å². The van der Waals surface area contributed by atoms with Crippen molar-refractivity contribution in [3.8, 4) is 0 Å². The van der Waals surface area contributed by atoms with Gasteiger partial charge >= 0.3 is 0 Å². The molecule has 2 atom stereocenters. The van der Waals surface area contributed by atoms with Crippen LogP contribution in [0.25, 0.3) is 0 Å². The van der Waals surface area contributed by atoms with Gasteiger partial charge in [0.25, 0.3) is 0 Å². The van der Waals surface area contributed by atoms with Crippen LogP contribution in [0.3, 0.4) is 0 Å². The highest BCUT2D eigenvalue weighted by atomic mass is 16.3. The van der Waals surface area contributed by atoms with Crippen molar-refractivity contribution in [2.75, 3.05) is 13.1 Å². The Morgan fingerprint density at radius 1 is 1.56 bits per heavy atom. The molecule has 1 fully saturated rings. The quantitative estimate of drug-likeness (QED) is 0.638. The molecule has 1 amide bonds. The molecule has 1 saturated heterocycles. The highest BCUT2D eigenvalue weighted by Gasteiger charge is 2.30. The highest BCUT2D eigenvalue weighted by molar-refractivity contribution is 5.82. The molecule has 0 bridgehead atoms. The molecule has 0 saturated carbocycles. The summed E-state index contributed by atoms with van der Waals surface area (Å²) >= 11 is 0. The minimum absolute atomic E-state index is 0.207. The third-order valence-corrected chi connectivity index (χ3v) is 2.84. The predicted molar refractivity (Wildman–Crippen MR) is 57.3 cm³/mol. The molecule has 0 aromatic carbocycles. The van der Waals surface area contributed by atoms with Crippen LogP contribution in [0, 0.1) is 0 Å². The largest absolute Gasteiger partial charge is 0.383 e. The number of aliphatic hydroxyl groups excluding tert-OH is 1. The molecule has 6 heteroatoms. The first kappa shape index (κ1) is 11.1. The first-order valence-corrected chi connectivity index (χ1v) is 5.42. The Hall–Kier alpha value is -1.40. The van der Waals surface area contributed by atoms with Crippen molar-refractivity contribution in [1.82, 2.24) is 14.9 Å². The lowest BCUT2D eigenvalue weighted by Crippen LogP contribution is -2.46. The van der Waals surface area contributed by atoms with Crippen LogP contribution in [0.1, 0.15) is 24.8 Å². The summed E-state index contributed by atoms with van der Waals surface area (Å²) in [6.45, 7) is 1.47. The van der Waals surface area contributed by atoms with E-state index in [4.69, 9.17) is 5.73 Å². The van der Waals surface area contributed by atoms with E-state index in [1.807, 2.05) is 0 Å². The van der Waals surface area contributed by atoms with Crippen LogP contribution in [0.5, 0.6) is 0 Å². The van der Waals surface area contributed by atoms with Crippen molar-refractivity contribution in [2.45, 2.75) is 25.0 Å². The first-order chi connectivity index (χ1) is 7.70. The van der Waals surface area contributed by atoms with Crippen LogP contribution in [0.4, 0.5) is 0 Å². The average Bonchev–Trinajstić information content (AvgIpc) is 2.97. The van der Waals surface area contributed by atoms with Crippen LogP contribution in [-0.4, -0.2) is 45.0 Å². The number of nitrogens with zero attached hydrogens (tertiary/aromatic N) is 2. The Balaban J connectivity index is 2.01. The number of nitrogens with one attached hydrogen (secondary N) is 1. The number of aromatic nitrogens is 2. The van der Waals surface area contributed by atoms with E-state index in [1.54, 1.807) is 11.1 Å². The van der Waals surface area contributed by atoms with Crippen molar-refractivity contribution in [2.24, 2.45) is 5.73 Å². The lowest BCUT2D eigenvalue weighted by Gasteiger charge is -2.22. The summed E-state index contributed by atoms with van der Waals surface area (Å²) in [4.78, 5) is 20.2. The van der Waals surface area contributed by atoms with Gasteiger partial charge < -0.3 is 20.7 Å². The number of hydrogen-bond donors (Lipinski definition) is 3. The topological polar surface area (TPSA) is 95.2 Å². The second-order valence-electron chi connectivity index (χ2n) is 3.98. The molecule has 16 heavy (non-hydrogen) atoms. The average molecular weight is 224 g/mol. The fraction of sp³-hybridized carbons (Fsp3) is 0.600. The molecule has 1 aliphatic rings. The number of carbonyl (C=O) groups is 1. The number of rotatable bonds is 3. The minimum atomic E-state index is -1.07. The highest BCUT2D eigenvalue weighted by Crippen LogP contribution is 2.15. The second kappa shape index (κ2) is 4.63. The summed E-state index contributed by atoms with van der Waals surface area (Å²) in [6, 6.07) is -0.941. The van der Waals surface area contributed by atoms with E-state index in [-0.39, 0.29) is 5.91 Å². The van der Waals surface area contributed by atoms with Crippen molar-refractivity contribution < 1.29 is 9.90 Å². The summed E-state index contributed by atoms with van der Waals surface area (Å²) in [5.41, 5.74) is 5.73. The normalized spacial score (nSPS) is 19.8. The fourth-order valence-electron chi connectivity index (χ4n) is 1.89. The molecule has 2 rings (SSSR count). The van der Waals surface area contributed by atoms with Crippen LogP contribution in [0.2, 0.25) is 0 Å². The van der Waals surface area contributed by atoms with E-state index in [9.17, 15) is 9.90 Å². The standard InChI is InChI=1S/C10H16N4O2/c11-7(8(15)9-12-3-4-13-9)10(16)14-5-1-2-6-14/h3-4,7-8,15H,1-2,5-6,11H2,(H,12,13). The number of carbonyl (C=O) groups excluding carboxylic acids is 1. The summed E-state index contributed by atoms with van der Waals surface area (Å²) < 4.78 is 0. The number of aliphatic hydroxyl groups is 1. The van der Waals surface area contributed by atoms with E-state index in [2.05, 4.69) is 9.97 Å². The van der Waals surface area contributed by atoms with Gasteiger partial charge in [-0.05, 0) is 12.8 Å². The smallest absolute Gasteiger partial charge is 0.242 e. The Morgan fingerprint density at radius 2 is 2.25 bits per heavy atom. The molecule has 2 unspecified atom stereocenters. The van der Waals surface area contributed by atoms with E-state index in [1.165, 1.54) is 6.20 Å². The van der Waals surface area contributed by atoms with Gasteiger partial charge in [0.05, 0.1) is 0 Å². The SMILES string of the molecule is NC(C(=O)N1CCCC1)C(O)c1ncc[nH]1. The van der Waals surface area contributed by atoms with E-state index >= 15 is 0 Å². The van der Waals surface area contributed by atoms with Gasteiger partial charge in [-0.1, -0.05) is 0 Å². The number of nitrogens with two attached hydrogens (primary N) is 1. The maximum absolute atomic E-state index is 11.9. The number of amides is 1. The van der Waals surface area contributed by atoms with Gasteiger partial charge in [-0.3, -0.25) is 4.79 Å². The molecule has 0 aliphatic carbocycles. The lowest BCUT2D eigenvalue weighted by molar-refractivity contribution is -0.134. The maximum Gasteiger partial charge on any atom is 0.242 e. The van der Waals surface area contributed by atoms with Crippen LogP contribution >= 0.6 is 0 Å². The van der Waals surface area contributed by atoms with Crippen LogP contribution in [0.15, 0.2) is 12.4 Å². The van der Waals surface area contributed by atoms with Crippen molar-refractivity contribution in [3.63, 3.8) is 0 Å². The summed E-state index contributed by atoms with van der Waals surface area (Å²) in [6.07, 6.45) is 4.06. The molecule has 4 N–H and O–H groups in total. The van der Waals surface area contributed by atoms with Gasteiger partial charge in [-0.15, -0.1) is 0 Å². The summed E-state index contributed by atoms with van der Waals surface area (Å²) in [5, 5.41) is 9.84. The zero-order valence-electron chi connectivity index (χ0n) is 8.97. The molecule has 2 heterocycles. The van der Waals surface area contributed by atoms with Gasteiger partial charge in [-0.25, -0.2) is 4.98 Å². The third kappa shape index (κ3) is 2.07. The number of H-pyrrole nitrogens is 1. The summed E-state index contributed by atoms with van der Waals surface area (Å²) in [7, 11) is 0. The minimum Gasteiger partial charge on any atom is -0.383 e. The molecule has 0 spiro atoms. The Labute approximate surface area is 93.5 Å². The Bertz CT molecular complexity index is 346. The number of imidazole rings is 1. The first-order valence-electron chi connectivity index (χ1n) is 5.42. The van der Waals surface area contributed by atoms with Crippen molar-refractivity contribution >= 4 is 5.91 Å². The van der Waals surface area contributed by atoms with Gasteiger partial charge in [0, 0.05) is 25.5 Å². The van der Waals surface area contributed by atoms with Gasteiger partial charge in [0.15, 0.2) is 0 Å². The monoisotopic (exact) mass is 224 g/mol. The van der Waals surface area contributed by atoms with Gasteiger partial charge in [0.1, 0.15) is 18.0 Å². The Kier molecular flexibility index (Phi) is 3.21. The lowest BCUT2D eigenvalue weighted by atomic mass is 10.1. The zero-order valence-corrected chi connectivity index (χ0v) is 8.97. The molecule has 1 aromatic rings. The third-order valence-electron chi connectivity index (χ3n) is 2.84. The molecule has 1 aliphatic heterocycles. The van der Waals surface area contributed by atoms with Crippen LogP contribution in [-0.2, 0) is 4.79 Å². The number of hydrogen-bond acceptors (Lipinski definition) is 4. The predicted octanol–water partition coefficient (Wildman–Crippen LogP) is -0.607. The molecule has 88 valence electrons. The fourth-order valence-corrected chi connectivity index (χ4v) is 1.89.